The number of halogens is 1. The van der Waals surface area contributed by atoms with Gasteiger partial charge in [0.2, 0.25) is 5.95 Å². The molecule has 0 amide bonds. The highest BCUT2D eigenvalue weighted by Crippen LogP contribution is 2.42. The lowest BCUT2D eigenvalue weighted by Crippen LogP contribution is -2.42. The van der Waals surface area contributed by atoms with Gasteiger partial charge in [0.25, 0.3) is 0 Å². The number of nitrogens with zero attached hydrogens (tertiary/aromatic N) is 4. The van der Waals surface area contributed by atoms with Crippen LogP contribution in [0.2, 0.25) is 5.02 Å². The van der Waals surface area contributed by atoms with Crippen LogP contribution in [0.5, 0.6) is 5.75 Å². The normalized spacial score (nSPS) is 15.7. The van der Waals surface area contributed by atoms with Gasteiger partial charge in [0, 0.05) is 31.2 Å². The Bertz CT molecular complexity index is 1520. The summed E-state index contributed by atoms with van der Waals surface area (Å²) < 4.78 is 31.8. The lowest BCUT2D eigenvalue weighted by molar-refractivity contribution is 0.249. The van der Waals surface area contributed by atoms with Crippen LogP contribution in [0.1, 0.15) is 32.3 Å². The zero-order valence-corrected chi connectivity index (χ0v) is 25.7. The highest BCUT2D eigenvalue weighted by atomic mass is 35.5. The molecule has 220 valence electrons. The van der Waals surface area contributed by atoms with Crippen LogP contribution in [-0.4, -0.2) is 75.4 Å². The van der Waals surface area contributed by atoms with Crippen molar-refractivity contribution in [1.29, 1.82) is 0 Å². The second-order valence-corrected chi connectivity index (χ2v) is 13.8. The number of aromatic nitrogens is 2. The third-order valence-electron chi connectivity index (χ3n) is 7.80. The largest absolute Gasteiger partial charge is 0.493 e. The molecule has 0 saturated carbocycles. The van der Waals surface area contributed by atoms with E-state index in [4.69, 9.17) is 21.3 Å². The third kappa shape index (κ3) is 5.89. The van der Waals surface area contributed by atoms with E-state index in [-0.39, 0.29) is 4.90 Å². The van der Waals surface area contributed by atoms with Crippen molar-refractivity contribution >= 4 is 56.1 Å². The van der Waals surface area contributed by atoms with Gasteiger partial charge in [-0.1, -0.05) is 23.7 Å². The van der Waals surface area contributed by atoms with E-state index in [1.54, 1.807) is 45.2 Å². The van der Waals surface area contributed by atoms with Crippen molar-refractivity contribution in [2.24, 2.45) is 0 Å². The molecule has 2 aliphatic heterocycles. The van der Waals surface area contributed by atoms with E-state index in [0.29, 0.717) is 58.7 Å². The summed E-state index contributed by atoms with van der Waals surface area (Å²) in [4.78, 5) is 14.3. The third-order valence-corrected chi connectivity index (χ3v) is 10.4. The van der Waals surface area contributed by atoms with Gasteiger partial charge in [-0.25, -0.2) is 8.42 Å². The van der Waals surface area contributed by atoms with Crippen molar-refractivity contribution in [2.75, 3.05) is 61.7 Å². The molecule has 0 bridgehead atoms. The quantitative estimate of drug-likeness (QED) is 0.299. The number of fused-ring (bicyclic) bond motifs is 1. The van der Waals surface area contributed by atoms with E-state index >= 15 is 0 Å². The fourth-order valence-corrected chi connectivity index (χ4v) is 6.93. The summed E-state index contributed by atoms with van der Waals surface area (Å²) in [7, 11) is 2.34. The number of methoxy groups -OCH3 is 1. The Balaban J connectivity index is 1.44. The van der Waals surface area contributed by atoms with E-state index < -0.39 is 15.1 Å². The Kier molecular flexibility index (Phi) is 8.49. The van der Waals surface area contributed by atoms with Crippen LogP contribution >= 0.6 is 11.6 Å². The van der Waals surface area contributed by atoms with Crippen molar-refractivity contribution in [3.05, 3.63) is 47.0 Å². The molecule has 2 aliphatic rings. The lowest BCUT2D eigenvalue weighted by atomic mass is 10.0. The van der Waals surface area contributed by atoms with Crippen LogP contribution in [-0.2, 0) is 16.3 Å². The molecule has 1 saturated heterocycles. The summed E-state index contributed by atoms with van der Waals surface area (Å²) in [6.07, 6.45) is 2.85. The zero-order valence-electron chi connectivity index (χ0n) is 24.2. The Morgan fingerprint density at radius 3 is 2.49 bits per heavy atom. The second kappa shape index (κ2) is 11.9. The molecule has 3 aromatic rings. The van der Waals surface area contributed by atoms with Crippen molar-refractivity contribution in [3.8, 4) is 5.75 Å². The number of hydrogen-bond acceptors (Lipinski definition) is 10. The lowest BCUT2D eigenvalue weighted by Gasteiger charge is -2.37. The molecule has 10 nitrogen and oxygen atoms in total. The molecular formula is C29H38ClN7O3S. The van der Waals surface area contributed by atoms with Gasteiger partial charge < -0.3 is 30.5 Å². The Morgan fingerprint density at radius 1 is 1.07 bits per heavy atom. The summed E-state index contributed by atoms with van der Waals surface area (Å²) in [6.45, 7) is 5.90. The molecule has 5 rings (SSSR count). The van der Waals surface area contributed by atoms with Crippen LogP contribution in [0, 0.1) is 0 Å². The number of ether oxygens (including phenoxy) is 1. The second-order valence-electron chi connectivity index (χ2n) is 10.9. The molecule has 0 radical (unpaired) electrons. The van der Waals surface area contributed by atoms with Gasteiger partial charge in [0.05, 0.1) is 34.3 Å². The maximum Gasteiger partial charge on any atom is 0.231 e. The Hall–Kier alpha value is -3.28. The highest BCUT2D eigenvalue weighted by Gasteiger charge is 2.27. The first-order valence-corrected chi connectivity index (χ1v) is 15.8. The molecule has 0 aliphatic carbocycles. The number of sulfone groups is 1. The highest BCUT2D eigenvalue weighted by molar-refractivity contribution is 7.92. The topological polar surface area (TPSA) is 112 Å². The Morgan fingerprint density at radius 2 is 1.80 bits per heavy atom. The smallest absolute Gasteiger partial charge is 0.231 e. The Labute approximate surface area is 247 Å². The molecular weight excluding hydrogens is 562 g/mol. The predicted molar refractivity (Wildman–Crippen MR) is 166 cm³/mol. The first kappa shape index (κ1) is 29.2. The van der Waals surface area contributed by atoms with Crippen LogP contribution < -0.4 is 25.6 Å². The van der Waals surface area contributed by atoms with Crippen LogP contribution in [0.3, 0.4) is 0 Å². The molecule has 1 fully saturated rings. The van der Waals surface area contributed by atoms with Crippen molar-refractivity contribution in [2.45, 2.75) is 49.3 Å². The summed E-state index contributed by atoms with van der Waals surface area (Å²) in [5.41, 5.74) is 2.95. The van der Waals surface area contributed by atoms with Gasteiger partial charge in [-0.3, -0.25) is 0 Å². The molecule has 41 heavy (non-hydrogen) atoms. The van der Waals surface area contributed by atoms with E-state index in [2.05, 4.69) is 44.8 Å². The average Bonchev–Trinajstić information content (AvgIpc) is 3.43. The van der Waals surface area contributed by atoms with Crippen LogP contribution in [0.25, 0.3) is 0 Å². The van der Waals surface area contributed by atoms with Gasteiger partial charge in [0.15, 0.2) is 15.6 Å². The summed E-state index contributed by atoms with van der Waals surface area (Å²) >= 11 is 6.89. The summed E-state index contributed by atoms with van der Waals surface area (Å²) in [6, 6.07) is 11.4. The minimum Gasteiger partial charge on any atom is -0.493 e. The molecule has 12 heteroatoms. The molecule has 0 unspecified atom stereocenters. The molecule has 3 heterocycles. The standard InChI is InChI=1S/C29H38ClN7O3S/c1-18(2)41(38,39)24-9-7-6-8-21(24)32-28-20-12-15-31-27(20)34-29(35-28)33-22-10-11-23(25(30)26(22)40-5)37-16-13-19(14-17-37)36(3)4/h6-11,18-19H,12-17H2,1-5H3,(H3,31,32,33,34,35). The average molecular weight is 600 g/mol. The maximum absolute atomic E-state index is 13.0. The van der Waals surface area contributed by atoms with Crippen molar-refractivity contribution in [3.63, 3.8) is 0 Å². The molecule has 1 aromatic heterocycles. The number of benzene rings is 2. The minimum atomic E-state index is -3.51. The van der Waals surface area contributed by atoms with Gasteiger partial charge in [0.1, 0.15) is 16.7 Å². The molecule has 0 atom stereocenters. The van der Waals surface area contributed by atoms with Gasteiger partial charge in [-0.05, 0) is 71.5 Å². The van der Waals surface area contributed by atoms with Crippen LogP contribution in [0.15, 0.2) is 41.3 Å². The molecule has 2 aromatic carbocycles. The van der Waals surface area contributed by atoms with E-state index in [9.17, 15) is 8.42 Å². The van der Waals surface area contributed by atoms with Crippen LogP contribution in [0.4, 0.5) is 34.6 Å². The number of hydrogen-bond donors (Lipinski definition) is 3. The van der Waals surface area contributed by atoms with E-state index in [1.807, 2.05) is 12.1 Å². The summed E-state index contributed by atoms with van der Waals surface area (Å²) in [5, 5.41) is 9.85. The number of anilines is 6. The first-order valence-electron chi connectivity index (χ1n) is 13.9. The number of rotatable bonds is 9. The number of para-hydroxylation sites is 1. The van der Waals surface area contributed by atoms with Gasteiger partial charge in [-0.15, -0.1) is 0 Å². The maximum atomic E-state index is 13.0. The number of nitrogens with one attached hydrogen (secondary N) is 3. The van der Waals surface area contributed by atoms with E-state index in [1.165, 1.54) is 0 Å². The fraction of sp³-hybridized carbons (Fsp3) is 0.448. The van der Waals surface area contributed by atoms with Crippen molar-refractivity contribution in [1.82, 2.24) is 14.9 Å². The SMILES string of the molecule is COc1c(Nc2nc3c(c(Nc4ccccc4S(=O)(=O)C(C)C)n2)CCN3)ccc(N2CCC(N(C)C)CC2)c1Cl. The van der Waals surface area contributed by atoms with Crippen molar-refractivity contribution < 1.29 is 13.2 Å². The fourth-order valence-electron chi connectivity index (χ4n) is 5.36. The van der Waals surface area contributed by atoms with E-state index in [0.717, 1.165) is 37.2 Å². The minimum absolute atomic E-state index is 0.237. The predicted octanol–water partition coefficient (Wildman–Crippen LogP) is 5.31. The monoisotopic (exact) mass is 599 g/mol. The molecule has 3 N–H and O–H groups in total. The molecule has 0 spiro atoms. The zero-order chi connectivity index (χ0) is 29.3. The first-order chi connectivity index (χ1) is 19.6. The number of piperidine rings is 1. The van der Waals surface area contributed by atoms with Gasteiger partial charge in [-0.2, -0.15) is 9.97 Å². The van der Waals surface area contributed by atoms with Gasteiger partial charge >= 0.3 is 0 Å². The summed E-state index contributed by atoms with van der Waals surface area (Å²) in [5.74, 6) is 2.08.